The molecular weight excluding hydrogens is 459 g/mol. The number of hydrogen-bond donors (Lipinski definition) is 1. The van der Waals surface area contributed by atoms with E-state index in [1.165, 1.54) is 29.5 Å². The lowest BCUT2D eigenvalue weighted by Crippen LogP contribution is -2.51. The van der Waals surface area contributed by atoms with Gasteiger partial charge in [-0.2, -0.15) is 0 Å². The van der Waals surface area contributed by atoms with Crippen molar-refractivity contribution in [2.75, 3.05) is 31.1 Å². The summed E-state index contributed by atoms with van der Waals surface area (Å²) >= 11 is 1.35. The molecule has 2 heterocycles. The van der Waals surface area contributed by atoms with Crippen molar-refractivity contribution in [2.24, 2.45) is 0 Å². The molecule has 1 aliphatic rings. The Morgan fingerprint density at radius 2 is 2.03 bits per heavy atom. The second kappa shape index (κ2) is 9.44. The highest BCUT2D eigenvalue weighted by molar-refractivity contribution is 7.22. The minimum absolute atomic E-state index is 0.150. The predicted molar refractivity (Wildman–Crippen MR) is 118 cm³/mol. The first-order valence-electron chi connectivity index (χ1n) is 10.3. The third-order valence-electron chi connectivity index (χ3n) is 5.21. The number of aromatic nitrogens is 1. The monoisotopic (exact) mass is 481 g/mol. The molecule has 0 unspecified atom stereocenters. The first-order chi connectivity index (χ1) is 15.7. The van der Waals surface area contributed by atoms with E-state index in [0.29, 0.717) is 22.5 Å². The van der Waals surface area contributed by atoms with Crippen LogP contribution in [-0.4, -0.2) is 59.6 Å². The van der Waals surface area contributed by atoms with E-state index in [2.05, 4.69) is 26.4 Å². The molecule has 1 aliphatic heterocycles. The van der Waals surface area contributed by atoms with Gasteiger partial charge in [0.15, 0.2) is 11.7 Å². The summed E-state index contributed by atoms with van der Waals surface area (Å²) in [5.41, 5.74) is 1.66. The number of anilines is 1. The Bertz CT molecular complexity index is 1140. The van der Waals surface area contributed by atoms with Crippen LogP contribution in [-0.2, 0) is 11.3 Å². The minimum atomic E-state index is -4.73. The van der Waals surface area contributed by atoms with Gasteiger partial charge in [0.05, 0.1) is 10.2 Å². The van der Waals surface area contributed by atoms with E-state index in [9.17, 15) is 18.0 Å². The summed E-state index contributed by atoms with van der Waals surface area (Å²) in [6.07, 6.45) is -4.73. The normalized spacial score (nSPS) is 17.3. The number of halogens is 3. The van der Waals surface area contributed by atoms with Crippen LogP contribution in [0.15, 0.2) is 42.5 Å². The molecule has 33 heavy (non-hydrogen) atoms. The Balaban J connectivity index is 1.39. The van der Waals surface area contributed by atoms with Gasteiger partial charge in [0, 0.05) is 38.3 Å². The Labute approximate surface area is 192 Å². The number of nitrogens with zero attached hydrogens (tertiary/aromatic N) is 3. The quantitative estimate of drug-likeness (QED) is 0.537. The van der Waals surface area contributed by atoms with Crippen molar-refractivity contribution in [1.29, 1.82) is 0 Å². The van der Waals surface area contributed by atoms with Crippen molar-refractivity contribution in [3.05, 3.63) is 48.0 Å². The highest BCUT2D eigenvalue weighted by atomic mass is 32.1. The van der Waals surface area contributed by atoms with Crippen LogP contribution in [0.25, 0.3) is 10.2 Å². The molecule has 0 amide bonds. The van der Waals surface area contributed by atoms with Gasteiger partial charge in [0.1, 0.15) is 11.5 Å². The molecule has 1 aromatic heterocycles. The molecule has 0 radical (unpaired) electrons. The molecular formula is C22H22F3N3O4S. The van der Waals surface area contributed by atoms with E-state index < -0.39 is 12.3 Å². The average molecular weight is 481 g/mol. The van der Waals surface area contributed by atoms with Crippen LogP contribution in [0.4, 0.5) is 18.3 Å². The van der Waals surface area contributed by atoms with Crippen LogP contribution in [0.3, 0.4) is 0 Å². The fourth-order valence-electron chi connectivity index (χ4n) is 3.81. The highest BCUT2D eigenvalue weighted by Gasteiger charge is 2.31. The van der Waals surface area contributed by atoms with E-state index in [4.69, 9.17) is 9.84 Å². The molecule has 7 nitrogen and oxygen atoms in total. The zero-order valence-corrected chi connectivity index (χ0v) is 18.5. The summed E-state index contributed by atoms with van der Waals surface area (Å²) in [4.78, 5) is 19.8. The summed E-state index contributed by atoms with van der Waals surface area (Å²) in [5.74, 6) is -0.758. The topological polar surface area (TPSA) is 75.1 Å². The number of thiazole rings is 1. The summed E-state index contributed by atoms with van der Waals surface area (Å²) in [6.45, 7) is 4.68. The molecule has 11 heteroatoms. The first-order valence-corrected chi connectivity index (χ1v) is 11.1. The summed E-state index contributed by atoms with van der Waals surface area (Å²) in [7, 11) is 0. The van der Waals surface area contributed by atoms with Gasteiger partial charge < -0.3 is 19.5 Å². The number of piperazine rings is 1. The zero-order chi connectivity index (χ0) is 23.6. The van der Waals surface area contributed by atoms with Crippen LogP contribution in [0.1, 0.15) is 12.5 Å². The summed E-state index contributed by atoms with van der Waals surface area (Å²) < 4.78 is 47.4. The van der Waals surface area contributed by atoms with Crippen molar-refractivity contribution in [3.8, 4) is 11.5 Å². The van der Waals surface area contributed by atoms with Gasteiger partial charge in [0.2, 0.25) is 0 Å². The van der Waals surface area contributed by atoms with E-state index in [0.717, 1.165) is 30.3 Å². The standard InChI is InChI=1S/C22H22F3N3O4S/c1-14-11-27(12-15-3-2-4-16(9-15)31-13-20(29)30)7-8-28(14)21-26-18-6-5-17(10-19(18)33-21)32-22(23,24)25/h2-6,9-10,14H,7-8,11-13H2,1H3,(H,29,30)/t14-/m1/s1. The fraction of sp³-hybridized carbons (Fsp3) is 0.364. The van der Waals surface area contributed by atoms with Crippen LogP contribution < -0.4 is 14.4 Å². The van der Waals surface area contributed by atoms with E-state index in [-0.39, 0.29) is 18.4 Å². The molecule has 0 aliphatic carbocycles. The Morgan fingerprint density at radius 3 is 2.76 bits per heavy atom. The second-order valence-corrected chi connectivity index (χ2v) is 8.79. The number of benzene rings is 2. The van der Waals surface area contributed by atoms with Crippen LogP contribution in [0, 0.1) is 0 Å². The average Bonchev–Trinajstić information content (AvgIpc) is 3.14. The number of carboxylic acids is 1. The number of carbonyl (C=O) groups is 1. The van der Waals surface area contributed by atoms with Gasteiger partial charge in [0.25, 0.3) is 0 Å². The smallest absolute Gasteiger partial charge is 0.482 e. The number of ether oxygens (including phenoxy) is 2. The largest absolute Gasteiger partial charge is 0.573 e. The van der Waals surface area contributed by atoms with Crippen molar-refractivity contribution >= 4 is 32.7 Å². The van der Waals surface area contributed by atoms with Crippen molar-refractivity contribution < 1.29 is 32.5 Å². The van der Waals surface area contributed by atoms with Gasteiger partial charge in [-0.15, -0.1) is 13.2 Å². The molecule has 1 atom stereocenters. The maximum Gasteiger partial charge on any atom is 0.573 e. The van der Waals surface area contributed by atoms with E-state index in [1.54, 1.807) is 6.07 Å². The van der Waals surface area contributed by atoms with Crippen molar-refractivity contribution in [3.63, 3.8) is 0 Å². The maximum atomic E-state index is 12.5. The van der Waals surface area contributed by atoms with E-state index in [1.807, 2.05) is 18.2 Å². The molecule has 1 N–H and O–H groups in total. The summed E-state index contributed by atoms with van der Waals surface area (Å²) in [5, 5.41) is 9.53. The fourth-order valence-corrected chi connectivity index (χ4v) is 4.93. The molecule has 0 spiro atoms. The van der Waals surface area contributed by atoms with Gasteiger partial charge in [-0.25, -0.2) is 9.78 Å². The molecule has 0 bridgehead atoms. The lowest BCUT2D eigenvalue weighted by Gasteiger charge is -2.39. The third-order valence-corrected chi connectivity index (χ3v) is 6.26. The van der Waals surface area contributed by atoms with Gasteiger partial charge in [-0.05, 0) is 36.8 Å². The van der Waals surface area contributed by atoms with E-state index >= 15 is 0 Å². The van der Waals surface area contributed by atoms with Gasteiger partial charge in [-0.1, -0.05) is 23.5 Å². The molecule has 1 fully saturated rings. The molecule has 3 aromatic rings. The first kappa shape index (κ1) is 23.1. The van der Waals surface area contributed by atoms with Gasteiger partial charge in [-0.3, -0.25) is 4.90 Å². The predicted octanol–water partition coefficient (Wildman–Crippen LogP) is 4.37. The second-order valence-electron chi connectivity index (χ2n) is 7.78. The molecule has 2 aromatic carbocycles. The Morgan fingerprint density at radius 1 is 1.21 bits per heavy atom. The highest BCUT2D eigenvalue weighted by Crippen LogP contribution is 2.34. The van der Waals surface area contributed by atoms with Crippen LogP contribution in [0.2, 0.25) is 0 Å². The molecule has 0 saturated carbocycles. The minimum Gasteiger partial charge on any atom is -0.482 e. The number of fused-ring (bicyclic) bond motifs is 1. The van der Waals surface area contributed by atoms with Gasteiger partial charge >= 0.3 is 12.3 Å². The SMILES string of the molecule is C[C@@H]1CN(Cc2cccc(OCC(=O)O)c2)CCN1c1nc2ccc(OC(F)(F)F)cc2s1. The van der Waals surface area contributed by atoms with Crippen molar-refractivity contribution in [1.82, 2.24) is 9.88 Å². The lowest BCUT2D eigenvalue weighted by atomic mass is 10.1. The Hall–Kier alpha value is -3.05. The maximum absolute atomic E-state index is 12.5. The summed E-state index contributed by atoms with van der Waals surface area (Å²) in [6, 6.07) is 11.7. The van der Waals surface area contributed by atoms with Crippen molar-refractivity contribution in [2.45, 2.75) is 25.9 Å². The van der Waals surface area contributed by atoms with Crippen LogP contribution in [0.5, 0.6) is 11.5 Å². The number of alkyl halides is 3. The lowest BCUT2D eigenvalue weighted by molar-refractivity contribution is -0.274. The number of aliphatic carboxylic acids is 1. The van der Waals surface area contributed by atoms with Crippen LogP contribution >= 0.6 is 11.3 Å². The molecule has 4 rings (SSSR count). The zero-order valence-electron chi connectivity index (χ0n) is 17.7. The number of rotatable bonds is 7. The number of hydrogen-bond acceptors (Lipinski definition) is 7. The molecule has 176 valence electrons. The Kier molecular flexibility index (Phi) is 6.61. The number of carboxylic acid groups (broad SMARTS) is 1. The molecule has 1 saturated heterocycles. The third kappa shape index (κ3) is 6.05.